The predicted molar refractivity (Wildman–Crippen MR) is 168 cm³/mol. The summed E-state index contributed by atoms with van der Waals surface area (Å²) in [6, 6.07) is 14.2. The van der Waals surface area contributed by atoms with E-state index in [0.717, 1.165) is 35.9 Å². The molecule has 7 rings (SSSR count). The van der Waals surface area contributed by atoms with Gasteiger partial charge in [0.1, 0.15) is 24.6 Å². The fraction of sp³-hybridized carbons (Fsp3) is 0.394. The Morgan fingerprint density at radius 1 is 1.16 bits per heavy atom. The van der Waals surface area contributed by atoms with E-state index in [1.165, 1.54) is 15.0 Å². The molecule has 0 bridgehead atoms. The predicted octanol–water partition coefficient (Wildman–Crippen LogP) is 5.89. The highest BCUT2D eigenvalue weighted by Gasteiger charge is 2.49. The monoisotopic (exact) mass is 614 g/mol. The minimum atomic E-state index is -1.03. The number of halogens is 2. The van der Waals surface area contributed by atoms with Crippen LogP contribution in [0.25, 0.3) is 37.0 Å². The first kappa shape index (κ1) is 28.6. The third kappa shape index (κ3) is 5.06. The van der Waals surface area contributed by atoms with Gasteiger partial charge in [-0.15, -0.1) is 11.3 Å². The van der Waals surface area contributed by atoms with Crippen molar-refractivity contribution in [2.24, 2.45) is 0 Å². The zero-order valence-electron chi connectivity index (χ0n) is 24.2. The molecular formula is C33H32F2N6O2S. The summed E-state index contributed by atoms with van der Waals surface area (Å²) in [6.45, 7) is 13.1. The van der Waals surface area contributed by atoms with Gasteiger partial charge in [-0.3, -0.25) is 9.69 Å². The number of piperazine rings is 1. The van der Waals surface area contributed by atoms with Crippen LogP contribution in [-0.4, -0.2) is 89.3 Å². The summed E-state index contributed by atoms with van der Waals surface area (Å²) in [7, 11) is 0. The first-order chi connectivity index (χ1) is 21.3. The molecule has 3 aliphatic rings. The zero-order valence-corrected chi connectivity index (χ0v) is 25.0. The van der Waals surface area contributed by atoms with E-state index < -0.39 is 23.9 Å². The van der Waals surface area contributed by atoms with Crippen LogP contribution in [0.1, 0.15) is 19.3 Å². The average molecular weight is 615 g/mol. The van der Waals surface area contributed by atoms with E-state index in [4.69, 9.17) is 21.3 Å². The second kappa shape index (κ2) is 11.4. The minimum Gasteiger partial charge on any atom is -0.461 e. The van der Waals surface area contributed by atoms with Gasteiger partial charge in [0.15, 0.2) is 5.83 Å². The third-order valence-electron chi connectivity index (χ3n) is 9.27. The van der Waals surface area contributed by atoms with E-state index in [9.17, 15) is 13.6 Å². The highest BCUT2D eigenvalue weighted by atomic mass is 32.1. The van der Waals surface area contributed by atoms with Crippen LogP contribution in [0.15, 0.2) is 60.3 Å². The fourth-order valence-corrected chi connectivity index (χ4v) is 8.00. The lowest BCUT2D eigenvalue weighted by Gasteiger charge is -2.39. The summed E-state index contributed by atoms with van der Waals surface area (Å²) in [5.74, 6) is -1.19. The van der Waals surface area contributed by atoms with Crippen LogP contribution in [0.2, 0.25) is 0 Å². The van der Waals surface area contributed by atoms with Crippen LogP contribution in [0.5, 0.6) is 6.01 Å². The largest absolute Gasteiger partial charge is 0.461 e. The van der Waals surface area contributed by atoms with Gasteiger partial charge in [-0.25, -0.2) is 15.4 Å². The van der Waals surface area contributed by atoms with Crippen molar-refractivity contribution in [2.75, 3.05) is 50.8 Å². The Bertz CT molecular complexity index is 1810. The number of nitrogens with zero attached hydrogens (tertiary/aromatic N) is 6. The van der Waals surface area contributed by atoms with Crippen molar-refractivity contribution in [3.63, 3.8) is 0 Å². The van der Waals surface area contributed by atoms with Gasteiger partial charge in [0.2, 0.25) is 6.54 Å². The molecule has 1 unspecified atom stereocenters. The molecule has 0 saturated carbocycles. The lowest BCUT2D eigenvalue weighted by Crippen LogP contribution is -2.56. The van der Waals surface area contributed by atoms with Gasteiger partial charge >= 0.3 is 6.01 Å². The summed E-state index contributed by atoms with van der Waals surface area (Å²) in [4.78, 5) is 31.4. The summed E-state index contributed by atoms with van der Waals surface area (Å²) in [5.41, 5.74) is 2.46. The number of carbonyl (C=O) groups is 1. The normalized spacial score (nSPS) is 23.7. The van der Waals surface area contributed by atoms with Gasteiger partial charge < -0.3 is 19.4 Å². The number of hydrogen-bond acceptors (Lipinski definition) is 7. The number of hydrogen-bond donors (Lipinski definition) is 0. The molecule has 3 aliphatic heterocycles. The molecule has 0 radical (unpaired) electrons. The summed E-state index contributed by atoms with van der Waals surface area (Å²) >= 11 is 1.70. The third-order valence-corrected chi connectivity index (χ3v) is 10.2. The number of anilines is 1. The molecule has 5 heterocycles. The molecule has 0 N–H and O–H groups in total. The molecule has 2 aromatic heterocycles. The summed E-state index contributed by atoms with van der Waals surface area (Å²) in [5, 5.41) is 4.06. The molecule has 1 amide bonds. The first-order valence-electron chi connectivity index (χ1n) is 14.9. The number of benzene rings is 2. The molecule has 2 aromatic carbocycles. The Labute approximate surface area is 258 Å². The Kier molecular flexibility index (Phi) is 7.42. The van der Waals surface area contributed by atoms with Gasteiger partial charge in [0.25, 0.3) is 5.91 Å². The van der Waals surface area contributed by atoms with Gasteiger partial charge in [-0.05, 0) is 60.2 Å². The van der Waals surface area contributed by atoms with Gasteiger partial charge in [-0.1, -0.05) is 24.8 Å². The zero-order chi connectivity index (χ0) is 30.4. The quantitative estimate of drug-likeness (QED) is 0.191. The Hall–Kier alpha value is -4.14. The topological polar surface area (TPSA) is 66.2 Å². The smallest absolute Gasteiger partial charge is 0.319 e. The van der Waals surface area contributed by atoms with E-state index in [1.807, 2.05) is 17.0 Å². The van der Waals surface area contributed by atoms with Crippen LogP contribution in [0.3, 0.4) is 0 Å². The highest BCUT2D eigenvalue weighted by molar-refractivity contribution is 7.17. The van der Waals surface area contributed by atoms with Crippen molar-refractivity contribution in [1.29, 1.82) is 0 Å². The molecule has 0 spiro atoms. The SMILES string of the molecule is [C-]#[N+]C[C@H]1CN(c2nc(OCC34CCCN3C[C@H](F)C4)nc3cc(-c4cccc5sccc45)ccc23)CCN1C(=O)C(=C)F. The molecule has 3 fully saturated rings. The Morgan fingerprint density at radius 2 is 2.05 bits per heavy atom. The molecule has 44 heavy (non-hydrogen) atoms. The lowest BCUT2D eigenvalue weighted by atomic mass is 9.95. The number of alkyl halides is 1. The van der Waals surface area contributed by atoms with Crippen LogP contribution < -0.4 is 9.64 Å². The second-order valence-corrected chi connectivity index (χ2v) is 12.9. The molecule has 3 saturated heterocycles. The number of ether oxygens (including phenoxy) is 1. The molecule has 8 nitrogen and oxygen atoms in total. The molecule has 0 aliphatic carbocycles. The van der Waals surface area contributed by atoms with Crippen molar-refractivity contribution in [1.82, 2.24) is 19.8 Å². The molecular weight excluding hydrogens is 582 g/mol. The van der Waals surface area contributed by atoms with Crippen LogP contribution in [-0.2, 0) is 4.79 Å². The van der Waals surface area contributed by atoms with E-state index >= 15 is 0 Å². The molecule has 4 aromatic rings. The van der Waals surface area contributed by atoms with Crippen LogP contribution >= 0.6 is 11.3 Å². The van der Waals surface area contributed by atoms with Gasteiger partial charge in [0, 0.05) is 48.1 Å². The number of rotatable bonds is 7. The maximum absolute atomic E-state index is 14.4. The second-order valence-electron chi connectivity index (χ2n) is 11.9. The van der Waals surface area contributed by atoms with E-state index in [2.05, 4.69) is 52.0 Å². The number of aromatic nitrogens is 2. The summed E-state index contributed by atoms with van der Waals surface area (Å²) in [6.07, 6.45) is 1.45. The van der Waals surface area contributed by atoms with Crippen LogP contribution in [0, 0.1) is 6.57 Å². The van der Waals surface area contributed by atoms with E-state index in [1.54, 1.807) is 11.3 Å². The number of thiophene rings is 1. The van der Waals surface area contributed by atoms with E-state index in [0.29, 0.717) is 44.0 Å². The van der Waals surface area contributed by atoms with Gasteiger partial charge in [0.05, 0.1) is 11.1 Å². The molecule has 226 valence electrons. The Balaban J connectivity index is 1.27. The number of fused-ring (bicyclic) bond motifs is 3. The maximum Gasteiger partial charge on any atom is 0.319 e. The van der Waals surface area contributed by atoms with Crippen molar-refractivity contribution >= 4 is 44.1 Å². The number of carbonyl (C=O) groups excluding carboxylic acids is 1. The van der Waals surface area contributed by atoms with Gasteiger partial charge in [-0.2, -0.15) is 9.97 Å². The molecule has 11 heteroatoms. The lowest BCUT2D eigenvalue weighted by molar-refractivity contribution is -0.131. The van der Waals surface area contributed by atoms with Crippen molar-refractivity contribution < 1.29 is 18.3 Å². The Morgan fingerprint density at radius 3 is 2.89 bits per heavy atom. The molecule has 3 atom stereocenters. The first-order valence-corrected chi connectivity index (χ1v) is 15.8. The standard InChI is InChI=1S/C33H32F2N6O2S/c1-21(34)31(42)41-13-12-39(19-24(41)17-36-2)30-27-8-7-22(25-5-3-6-29-26(25)9-14-44-29)15-28(27)37-32(38-30)43-20-33-10-4-11-40(33)18-23(35)16-33/h3,5-9,14-15,23-24H,1,4,10-13,16-20H2/t23-,24+,33?/m1/s1. The maximum atomic E-state index is 14.4. The van der Waals surface area contributed by atoms with Crippen molar-refractivity contribution in [3.8, 4) is 17.1 Å². The van der Waals surface area contributed by atoms with Crippen molar-refractivity contribution in [3.05, 3.63) is 71.7 Å². The van der Waals surface area contributed by atoms with E-state index in [-0.39, 0.29) is 24.6 Å². The summed E-state index contributed by atoms with van der Waals surface area (Å²) < 4.78 is 35.8. The van der Waals surface area contributed by atoms with Crippen LogP contribution in [0.4, 0.5) is 14.6 Å². The fourth-order valence-electron chi connectivity index (χ4n) is 7.19. The van der Waals surface area contributed by atoms with Crippen molar-refractivity contribution in [2.45, 2.75) is 37.0 Å². The average Bonchev–Trinajstić information content (AvgIpc) is 3.73. The highest BCUT2D eigenvalue weighted by Crippen LogP contribution is 2.41. The number of amides is 1. The minimum absolute atomic E-state index is 0.0272.